The summed E-state index contributed by atoms with van der Waals surface area (Å²) >= 11 is 1.33. The maximum atomic E-state index is 12.5. The van der Waals surface area contributed by atoms with E-state index in [0.717, 1.165) is 30.3 Å². The molecule has 1 amide bonds. The van der Waals surface area contributed by atoms with Crippen LogP contribution in [-0.4, -0.2) is 32.8 Å². The van der Waals surface area contributed by atoms with E-state index in [1.54, 1.807) is 0 Å². The molecular weight excluding hydrogens is 296 g/mol. The number of hydrogen-bond donors (Lipinski definition) is 1. The molecule has 116 valence electrons. The van der Waals surface area contributed by atoms with E-state index in [-0.39, 0.29) is 11.9 Å². The quantitative estimate of drug-likeness (QED) is 0.921. The van der Waals surface area contributed by atoms with Gasteiger partial charge in [-0.3, -0.25) is 4.79 Å². The van der Waals surface area contributed by atoms with Crippen LogP contribution in [0.3, 0.4) is 0 Å². The first kappa shape index (κ1) is 15.0. The molecule has 1 aliphatic heterocycles. The molecule has 1 aromatic carbocycles. The fraction of sp³-hybridized carbons (Fsp3) is 0.438. The molecule has 1 aliphatic rings. The van der Waals surface area contributed by atoms with E-state index in [2.05, 4.69) is 45.9 Å². The Morgan fingerprint density at radius 2 is 2.14 bits per heavy atom. The minimum Gasteiger partial charge on any atom is -0.348 e. The largest absolute Gasteiger partial charge is 0.348 e. The minimum absolute atomic E-state index is 0.147. The fourth-order valence-electron chi connectivity index (χ4n) is 2.55. The predicted molar refractivity (Wildman–Crippen MR) is 87.9 cm³/mol. The third kappa shape index (κ3) is 3.27. The topological polar surface area (TPSA) is 58.1 Å². The number of benzene rings is 1. The van der Waals surface area contributed by atoms with Gasteiger partial charge in [0.1, 0.15) is 11.9 Å². The van der Waals surface area contributed by atoms with Crippen LogP contribution in [-0.2, 0) is 17.8 Å². The number of nitrogens with one attached hydrogen (secondary N) is 1. The van der Waals surface area contributed by atoms with Crippen LogP contribution in [0.1, 0.15) is 30.3 Å². The highest BCUT2D eigenvalue weighted by Crippen LogP contribution is 2.20. The van der Waals surface area contributed by atoms with Crippen LogP contribution in [0.2, 0.25) is 0 Å². The number of carbonyl (C=O) groups excluding carboxylic acids is 1. The van der Waals surface area contributed by atoms with E-state index in [0.29, 0.717) is 6.54 Å². The number of nitrogens with zero attached hydrogens (tertiary/aromatic N) is 3. The number of hydrogen-bond acceptors (Lipinski definition) is 5. The van der Waals surface area contributed by atoms with Crippen molar-refractivity contribution in [2.24, 2.45) is 0 Å². The van der Waals surface area contributed by atoms with E-state index >= 15 is 0 Å². The molecule has 2 heterocycles. The number of rotatable bonds is 5. The van der Waals surface area contributed by atoms with Crippen molar-refractivity contribution in [2.45, 2.75) is 39.3 Å². The van der Waals surface area contributed by atoms with Crippen molar-refractivity contribution in [2.75, 3.05) is 11.9 Å². The van der Waals surface area contributed by atoms with E-state index in [1.165, 1.54) is 22.7 Å². The average Bonchev–Trinajstić information content (AvgIpc) is 3.11. The zero-order valence-electron chi connectivity index (χ0n) is 12.9. The molecule has 0 saturated carbocycles. The van der Waals surface area contributed by atoms with Gasteiger partial charge >= 0.3 is 0 Å². The molecule has 0 spiro atoms. The average molecular weight is 316 g/mol. The molecule has 1 unspecified atom stereocenters. The van der Waals surface area contributed by atoms with E-state index < -0.39 is 0 Å². The summed E-state index contributed by atoms with van der Waals surface area (Å²) in [6.45, 7) is 5.55. The zero-order chi connectivity index (χ0) is 15.5. The Balaban J connectivity index is 1.60. The smallest absolute Gasteiger partial charge is 0.245 e. The van der Waals surface area contributed by atoms with Crippen LogP contribution < -0.4 is 5.32 Å². The van der Waals surface area contributed by atoms with Crippen molar-refractivity contribution in [3.05, 3.63) is 41.2 Å². The molecule has 1 fully saturated rings. The van der Waals surface area contributed by atoms with Gasteiger partial charge in [0.2, 0.25) is 11.0 Å². The molecule has 22 heavy (non-hydrogen) atoms. The SMILES string of the molecule is CCc1nsc(NC2CCN(Cc3ccc(C)cc3)C2=O)n1. The van der Waals surface area contributed by atoms with Gasteiger partial charge in [-0.25, -0.2) is 4.98 Å². The van der Waals surface area contributed by atoms with Crippen molar-refractivity contribution in [1.82, 2.24) is 14.3 Å². The van der Waals surface area contributed by atoms with Crippen molar-refractivity contribution in [1.29, 1.82) is 0 Å². The Morgan fingerprint density at radius 3 is 2.82 bits per heavy atom. The second-order valence-corrected chi connectivity index (χ2v) is 6.35. The van der Waals surface area contributed by atoms with Gasteiger partial charge < -0.3 is 10.2 Å². The van der Waals surface area contributed by atoms with Crippen molar-refractivity contribution >= 4 is 22.6 Å². The second-order valence-electron chi connectivity index (χ2n) is 5.60. The van der Waals surface area contributed by atoms with Gasteiger partial charge in [-0.2, -0.15) is 4.37 Å². The number of likely N-dealkylation sites (tertiary alicyclic amines) is 1. The first-order valence-electron chi connectivity index (χ1n) is 7.59. The van der Waals surface area contributed by atoms with Gasteiger partial charge in [-0.15, -0.1) is 0 Å². The van der Waals surface area contributed by atoms with E-state index in [1.807, 2.05) is 11.8 Å². The van der Waals surface area contributed by atoms with Crippen LogP contribution in [0.4, 0.5) is 5.13 Å². The summed E-state index contributed by atoms with van der Waals surface area (Å²) in [6, 6.07) is 8.16. The van der Waals surface area contributed by atoms with Crippen LogP contribution in [0.5, 0.6) is 0 Å². The summed E-state index contributed by atoms with van der Waals surface area (Å²) in [7, 11) is 0. The molecular formula is C16H20N4OS. The third-order valence-electron chi connectivity index (χ3n) is 3.87. The lowest BCUT2D eigenvalue weighted by atomic mass is 10.1. The van der Waals surface area contributed by atoms with Gasteiger partial charge in [0.15, 0.2) is 0 Å². The van der Waals surface area contributed by atoms with Gasteiger partial charge in [0, 0.05) is 31.0 Å². The first-order chi connectivity index (χ1) is 10.7. The fourth-order valence-corrected chi connectivity index (χ4v) is 3.25. The molecule has 6 heteroatoms. The number of amides is 1. The number of anilines is 1. The number of aryl methyl sites for hydroxylation is 2. The lowest BCUT2D eigenvalue weighted by Crippen LogP contribution is -2.33. The lowest BCUT2D eigenvalue weighted by Gasteiger charge is -2.17. The first-order valence-corrected chi connectivity index (χ1v) is 8.36. The highest BCUT2D eigenvalue weighted by atomic mass is 32.1. The molecule has 1 aromatic heterocycles. The molecule has 1 saturated heterocycles. The Morgan fingerprint density at radius 1 is 1.36 bits per heavy atom. The Hall–Kier alpha value is -1.95. The highest BCUT2D eigenvalue weighted by Gasteiger charge is 2.32. The molecule has 1 N–H and O–H groups in total. The summed E-state index contributed by atoms with van der Waals surface area (Å²) in [5.41, 5.74) is 2.41. The molecule has 2 aromatic rings. The molecule has 0 radical (unpaired) electrons. The van der Waals surface area contributed by atoms with Crippen LogP contribution >= 0.6 is 11.5 Å². The van der Waals surface area contributed by atoms with Crippen LogP contribution in [0, 0.1) is 6.92 Å². The molecule has 3 rings (SSSR count). The standard InChI is InChI=1S/C16H20N4OS/c1-3-14-18-16(22-19-14)17-13-8-9-20(15(13)21)10-12-6-4-11(2)5-7-12/h4-7,13H,3,8-10H2,1-2H3,(H,17,18,19). The third-order valence-corrected chi connectivity index (χ3v) is 4.56. The van der Waals surface area contributed by atoms with Crippen molar-refractivity contribution in [3.63, 3.8) is 0 Å². The minimum atomic E-state index is -0.178. The Labute approximate surface area is 134 Å². The normalized spacial score (nSPS) is 18.0. The van der Waals surface area contributed by atoms with Gasteiger partial charge in [0.05, 0.1) is 0 Å². The Bertz CT molecular complexity index is 652. The maximum absolute atomic E-state index is 12.5. The monoisotopic (exact) mass is 316 g/mol. The zero-order valence-corrected chi connectivity index (χ0v) is 13.7. The summed E-state index contributed by atoms with van der Waals surface area (Å²) < 4.78 is 4.24. The highest BCUT2D eigenvalue weighted by molar-refractivity contribution is 7.09. The van der Waals surface area contributed by atoms with Gasteiger partial charge in [-0.1, -0.05) is 36.8 Å². The van der Waals surface area contributed by atoms with Crippen molar-refractivity contribution in [3.8, 4) is 0 Å². The van der Waals surface area contributed by atoms with E-state index in [4.69, 9.17) is 0 Å². The molecule has 5 nitrogen and oxygen atoms in total. The molecule has 0 aliphatic carbocycles. The van der Waals surface area contributed by atoms with Gasteiger partial charge in [-0.05, 0) is 18.9 Å². The molecule has 1 atom stereocenters. The Kier molecular flexibility index (Phi) is 4.38. The predicted octanol–water partition coefficient (Wildman–Crippen LogP) is 2.62. The number of carbonyl (C=O) groups is 1. The number of aromatic nitrogens is 2. The summed E-state index contributed by atoms with van der Waals surface area (Å²) in [5, 5.41) is 3.97. The lowest BCUT2D eigenvalue weighted by molar-refractivity contribution is -0.128. The van der Waals surface area contributed by atoms with Gasteiger partial charge in [0.25, 0.3) is 0 Å². The second kappa shape index (κ2) is 6.44. The van der Waals surface area contributed by atoms with E-state index in [9.17, 15) is 4.79 Å². The summed E-state index contributed by atoms with van der Waals surface area (Å²) in [5.74, 6) is 0.975. The summed E-state index contributed by atoms with van der Waals surface area (Å²) in [6.07, 6.45) is 1.63. The molecule has 0 bridgehead atoms. The van der Waals surface area contributed by atoms with Crippen LogP contribution in [0.15, 0.2) is 24.3 Å². The van der Waals surface area contributed by atoms with Crippen LogP contribution in [0.25, 0.3) is 0 Å². The van der Waals surface area contributed by atoms with Crippen molar-refractivity contribution < 1.29 is 4.79 Å². The summed E-state index contributed by atoms with van der Waals surface area (Å²) in [4.78, 5) is 18.8. The maximum Gasteiger partial charge on any atom is 0.245 e.